The van der Waals surface area contributed by atoms with Crippen molar-refractivity contribution < 1.29 is 4.74 Å². The molecule has 0 aromatic heterocycles. The molecule has 4 nitrogen and oxygen atoms in total. The Labute approximate surface area is 104 Å². The van der Waals surface area contributed by atoms with Crippen LogP contribution in [-0.4, -0.2) is 42.2 Å². The molecule has 1 heterocycles. The highest BCUT2D eigenvalue weighted by atomic mass is 16.5. The van der Waals surface area contributed by atoms with Crippen LogP contribution in [-0.2, 0) is 4.74 Å². The molecule has 2 atom stereocenters. The highest BCUT2D eigenvalue weighted by Crippen LogP contribution is 2.22. The SMILES string of the molecule is CCC1COC(C)CN1C(N)=NC1CCCC1. The molecule has 4 heteroatoms. The van der Waals surface area contributed by atoms with Gasteiger partial charge in [0.15, 0.2) is 5.96 Å². The Morgan fingerprint density at radius 2 is 2.12 bits per heavy atom. The van der Waals surface area contributed by atoms with Gasteiger partial charge >= 0.3 is 0 Å². The minimum Gasteiger partial charge on any atom is -0.375 e. The fourth-order valence-electron chi connectivity index (χ4n) is 2.76. The second-order valence-corrected chi connectivity index (χ2v) is 5.28. The fraction of sp³-hybridized carbons (Fsp3) is 0.923. The van der Waals surface area contributed by atoms with Crippen LogP contribution in [0.3, 0.4) is 0 Å². The van der Waals surface area contributed by atoms with Gasteiger partial charge in [0.05, 0.1) is 24.8 Å². The minimum atomic E-state index is 0.259. The van der Waals surface area contributed by atoms with E-state index < -0.39 is 0 Å². The first kappa shape index (κ1) is 12.7. The number of rotatable bonds is 2. The second-order valence-electron chi connectivity index (χ2n) is 5.28. The third-order valence-electron chi connectivity index (χ3n) is 3.87. The summed E-state index contributed by atoms with van der Waals surface area (Å²) in [5.74, 6) is 0.735. The number of hydrogen-bond acceptors (Lipinski definition) is 2. The molecule has 0 bridgehead atoms. The van der Waals surface area contributed by atoms with Crippen molar-refractivity contribution in [2.24, 2.45) is 10.7 Å². The van der Waals surface area contributed by atoms with Gasteiger partial charge in [-0.3, -0.25) is 0 Å². The van der Waals surface area contributed by atoms with Crippen molar-refractivity contribution in [2.75, 3.05) is 13.2 Å². The van der Waals surface area contributed by atoms with Crippen LogP contribution in [0.4, 0.5) is 0 Å². The number of guanidine groups is 1. The molecule has 2 aliphatic rings. The highest BCUT2D eigenvalue weighted by Gasteiger charge is 2.27. The molecule has 2 unspecified atom stereocenters. The van der Waals surface area contributed by atoms with Gasteiger partial charge in [0, 0.05) is 6.54 Å². The van der Waals surface area contributed by atoms with Gasteiger partial charge in [-0.25, -0.2) is 4.99 Å². The van der Waals surface area contributed by atoms with Crippen molar-refractivity contribution in [1.29, 1.82) is 0 Å². The number of morpholine rings is 1. The van der Waals surface area contributed by atoms with Gasteiger partial charge < -0.3 is 15.4 Å². The summed E-state index contributed by atoms with van der Waals surface area (Å²) in [6.45, 7) is 5.93. The molecule has 98 valence electrons. The maximum atomic E-state index is 6.18. The van der Waals surface area contributed by atoms with Gasteiger partial charge in [0.25, 0.3) is 0 Å². The Morgan fingerprint density at radius 1 is 1.41 bits per heavy atom. The van der Waals surface area contributed by atoms with E-state index in [0.29, 0.717) is 12.1 Å². The Bertz CT molecular complexity index is 274. The molecule has 2 fully saturated rings. The zero-order chi connectivity index (χ0) is 12.3. The zero-order valence-electron chi connectivity index (χ0n) is 11.1. The van der Waals surface area contributed by atoms with Crippen LogP contribution in [0.15, 0.2) is 4.99 Å². The van der Waals surface area contributed by atoms with Crippen molar-refractivity contribution in [1.82, 2.24) is 4.90 Å². The first-order valence-corrected chi connectivity index (χ1v) is 6.92. The van der Waals surface area contributed by atoms with Crippen molar-refractivity contribution in [3.8, 4) is 0 Å². The van der Waals surface area contributed by atoms with E-state index in [4.69, 9.17) is 15.5 Å². The van der Waals surface area contributed by atoms with Crippen molar-refractivity contribution >= 4 is 5.96 Å². The van der Waals surface area contributed by atoms with Crippen LogP contribution < -0.4 is 5.73 Å². The average Bonchev–Trinajstić information content (AvgIpc) is 2.81. The van der Waals surface area contributed by atoms with Crippen LogP contribution in [0.25, 0.3) is 0 Å². The van der Waals surface area contributed by atoms with E-state index in [2.05, 4.69) is 18.7 Å². The summed E-state index contributed by atoms with van der Waals surface area (Å²) in [7, 11) is 0. The number of ether oxygens (including phenoxy) is 1. The Balaban J connectivity index is 2.01. The number of nitrogens with zero attached hydrogens (tertiary/aromatic N) is 2. The molecule has 0 radical (unpaired) electrons. The summed E-state index contributed by atoms with van der Waals surface area (Å²) >= 11 is 0. The maximum Gasteiger partial charge on any atom is 0.191 e. The molecule has 1 saturated heterocycles. The quantitative estimate of drug-likeness (QED) is 0.590. The van der Waals surface area contributed by atoms with Crippen LogP contribution in [0.5, 0.6) is 0 Å². The van der Waals surface area contributed by atoms with E-state index in [1.807, 2.05) is 0 Å². The largest absolute Gasteiger partial charge is 0.375 e. The maximum absolute atomic E-state index is 6.18. The van der Waals surface area contributed by atoms with E-state index in [-0.39, 0.29) is 6.10 Å². The summed E-state index contributed by atoms with van der Waals surface area (Å²) < 4.78 is 5.68. The second kappa shape index (κ2) is 5.71. The van der Waals surface area contributed by atoms with E-state index in [1.54, 1.807) is 0 Å². The van der Waals surface area contributed by atoms with Crippen LogP contribution in [0, 0.1) is 0 Å². The number of aliphatic imine (C=N–C) groups is 1. The monoisotopic (exact) mass is 239 g/mol. The first-order valence-electron chi connectivity index (χ1n) is 6.92. The third kappa shape index (κ3) is 3.12. The van der Waals surface area contributed by atoms with Crippen LogP contribution >= 0.6 is 0 Å². The molecule has 0 aromatic rings. The summed E-state index contributed by atoms with van der Waals surface area (Å²) in [5.41, 5.74) is 6.18. The molecular formula is C13H25N3O. The molecule has 0 aromatic carbocycles. The summed E-state index contributed by atoms with van der Waals surface area (Å²) in [5, 5.41) is 0. The third-order valence-corrected chi connectivity index (χ3v) is 3.87. The van der Waals surface area contributed by atoms with Crippen molar-refractivity contribution in [3.05, 3.63) is 0 Å². The van der Waals surface area contributed by atoms with Gasteiger partial charge in [-0.1, -0.05) is 19.8 Å². The van der Waals surface area contributed by atoms with Crippen molar-refractivity contribution in [2.45, 2.75) is 64.1 Å². The first-order chi connectivity index (χ1) is 8.20. The lowest BCUT2D eigenvalue weighted by Crippen LogP contribution is -2.54. The molecule has 1 aliphatic carbocycles. The highest BCUT2D eigenvalue weighted by molar-refractivity contribution is 5.78. The summed E-state index contributed by atoms with van der Waals surface area (Å²) in [4.78, 5) is 6.94. The summed E-state index contributed by atoms with van der Waals surface area (Å²) in [6.07, 6.45) is 6.34. The van der Waals surface area contributed by atoms with Gasteiger partial charge in [0.2, 0.25) is 0 Å². The lowest BCUT2D eigenvalue weighted by molar-refractivity contribution is -0.0290. The number of hydrogen-bond donors (Lipinski definition) is 1. The van der Waals surface area contributed by atoms with Gasteiger partial charge in [0.1, 0.15) is 0 Å². The van der Waals surface area contributed by atoms with Gasteiger partial charge in [-0.05, 0) is 26.2 Å². The van der Waals surface area contributed by atoms with E-state index in [9.17, 15) is 0 Å². The molecule has 0 amide bonds. The Hall–Kier alpha value is -0.770. The molecule has 1 aliphatic heterocycles. The Morgan fingerprint density at radius 3 is 2.76 bits per heavy atom. The lowest BCUT2D eigenvalue weighted by atomic mass is 10.1. The summed E-state index contributed by atoms with van der Waals surface area (Å²) in [6, 6.07) is 0.863. The van der Waals surface area contributed by atoms with Crippen LogP contribution in [0.2, 0.25) is 0 Å². The molecule has 2 N–H and O–H groups in total. The normalized spacial score (nSPS) is 32.1. The Kier molecular flexibility index (Phi) is 4.26. The number of nitrogens with two attached hydrogens (primary N) is 1. The standard InChI is InChI=1S/C13H25N3O/c1-3-12-9-17-10(2)8-16(12)13(14)15-11-6-4-5-7-11/h10-12H,3-9H2,1-2H3,(H2,14,15). The van der Waals surface area contributed by atoms with Gasteiger partial charge in [-0.15, -0.1) is 0 Å². The molecule has 2 rings (SSSR count). The van der Waals surface area contributed by atoms with E-state index in [1.165, 1.54) is 25.7 Å². The molecular weight excluding hydrogens is 214 g/mol. The predicted molar refractivity (Wildman–Crippen MR) is 70.1 cm³/mol. The fourth-order valence-corrected chi connectivity index (χ4v) is 2.76. The van der Waals surface area contributed by atoms with E-state index in [0.717, 1.165) is 25.5 Å². The topological polar surface area (TPSA) is 50.9 Å². The smallest absolute Gasteiger partial charge is 0.191 e. The molecule has 17 heavy (non-hydrogen) atoms. The minimum absolute atomic E-state index is 0.259. The van der Waals surface area contributed by atoms with Crippen LogP contribution in [0.1, 0.15) is 46.0 Å². The van der Waals surface area contributed by atoms with Gasteiger partial charge in [-0.2, -0.15) is 0 Å². The average molecular weight is 239 g/mol. The van der Waals surface area contributed by atoms with Crippen molar-refractivity contribution in [3.63, 3.8) is 0 Å². The molecule has 1 saturated carbocycles. The molecule has 0 spiro atoms. The lowest BCUT2D eigenvalue weighted by Gasteiger charge is -2.39. The predicted octanol–water partition coefficient (Wildman–Crippen LogP) is 1.74. The van der Waals surface area contributed by atoms with E-state index >= 15 is 0 Å². The zero-order valence-corrected chi connectivity index (χ0v) is 11.1.